The number of nitrogens with zero attached hydrogens (tertiary/aromatic N) is 4. The summed E-state index contributed by atoms with van der Waals surface area (Å²) in [4.78, 5) is 2.44. The molecule has 0 bridgehead atoms. The van der Waals surface area contributed by atoms with Crippen LogP contribution >= 0.6 is 0 Å². The first-order valence-corrected chi connectivity index (χ1v) is 7.54. The fourth-order valence-electron chi connectivity index (χ4n) is 3.61. The molecule has 2 heterocycles. The number of aryl methyl sites for hydroxylation is 2. The Morgan fingerprint density at radius 1 is 1.33 bits per heavy atom. The molecule has 2 aromatic rings. The summed E-state index contributed by atoms with van der Waals surface area (Å²) >= 11 is 0. The molecule has 1 spiro atoms. The molecule has 21 heavy (non-hydrogen) atoms. The number of hydrogen-bond acceptors (Lipinski definition) is 4. The molecule has 1 aromatic heterocycles. The summed E-state index contributed by atoms with van der Waals surface area (Å²) in [5.74, 6) is 1.01. The zero-order valence-corrected chi connectivity index (χ0v) is 12.3. The van der Waals surface area contributed by atoms with E-state index in [1.54, 1.807) is 6.33 Å². The van der Waals surface area contributed by atoms with E-state index in [0.29, 0.717) is 0 Å². The average Bonchev–Trinajstić information content (AvgIpc) is 3.06. The number of ether oxygens (including phenoxy) is 1. The topological polar surface area (TPSA) is 43.2 Å². The van der Waals surface area contributed by atoms with Gasteiger partial charge < -0.3 is 9.30 Å². The lowest BCUT2D eigenvalue weighted by Crippen LogP contribution is -2.48. The molecule has 1 aliphatic heterocycles. The minimum atomic E-state index is -0.118. The van der Waals surface area contributed by atoms with E-state index in [4.69, 9.17) is 4.74 Å². The van der Waals surface area contributed by atoms with Crippen molar-refractivity contribution in [1.82, 2.24) is 19.7 Å². The van der Waals surface area contributed by atoms with Gasteiger partial charge in [0.25, 0.3) is 0 Å². The van der Waals surface area contributed by atoms with Gasteiger partial charge in [-0.15, -0.1) is 10.2 Å². The molecule has 2 aliphatic rings. The van der Waals surface area contributed by atoms with Crippen LogP contribution in [0.4, 0.5) is 0 Å². The number of benzene rings is 1. The third kappa shape index (κ3) is 2.17. The van der Waals surface area contributed by atoms with Crippen molar-refractivity contribution in [2.24, 2.45) is 7.05 Å². The fourth-order valence-corrected chi connectivity index (χ4v) is 3.61. The molecule has 5 heteroatoms. The Morgan fingerprint density at radius 2 is 2.24 bits per heavy atom. The van der Waals surface area contributed by atoms with Crippen molar-refractivity contribution < 1.29 is 4.74 Å². The minimum Gasteiger partial charge on any atom is -0.368 e. The van der Waals surface area contributed by atoms with Gasteiger partial charge in [0.05, 0.1) is 13.2 Å². The van der Waals surface area contributed by atoms with E-state index in [2.05, 4.69) is 39.4 Å². The highest BCUT2D eigenvalue weighted by Gasteiger charge is 2.43. The maximum Gasteiger partial charge on any atom is 0.146 e. The molecule has 0 unspecified atom stereocenters. The first-order chi connectivity index (χ1) is 10.3. The number of hydrogen-bond donors (Lipinski definition) is 0. The molecule has 0 radical (unpaired) electrons. The molecule has 1 fully saturated rings. The normalized spacial score (nSPS) is 25.4. The molecule has 4 rings (SSSR count). The standard InChI is InChI=1S/C16H20N4O/c1-19-12-17-18-15(19)10-20-8-9-21-16(11-20)7-6-13-4-2-3-5-14(13)16/h2-5,12H,6-11H2,1H3/t16-/m1/s1. The summed E-state index contributed by atoms with van der Waals surface area (Å²) in [6.07, 6.45) is 3.96. The number of morpholine rings is 1. The first-order valence-electron chi connectivity index (χ1n) is 7.54. The molecule has 1 aliphatic carbocycles. The lowest BCUT2D eigenvalue weighted by Gasteiger charge is -2.41. The van der Waals surface area contributed by atoms with Gasteiger partial charge in [-0.25, -0.2) is 0 Å². The van der Waals surface area contributed by atoms with Crippen LogP contribution in [0.3, 0.4) is 0 Å². The highest BCUT2D eigenvalue weighted by molar-refractivity contribution is 5.38. The maximum absolute atomic E-state index is 6.25. The Morgan fingerprint density at radius 3 is 3.10 bits per heavy atom. The first kappa shape index (κ1) is 13.0. The van der Waals surface area contributed by atoms with Gasteiger partial charge >= 0.3 is 0 Å². The van der Waals surface area contributed by atoms with Crippen LogP contribution in [-0.2, 0) is 30.4 Å². The average molecular weight is 284 g/mol. The van der Waals surface area contributed by atoms with E-state index < -0.39 is 0 Å². The van der Waals surface area contributed by atoms with Crippen LogP contribution in [-0.4, -0.2) is 39.4 Å². The van der Waals surface area contributed by atoms with Gasteiger partial charge in [-0.2, -0.15) is 0 Å². The number of aromatic nitrogens is 3. The van der Waals surface area contributed by atoms with Gasteiger partial charge in [0, 0.05) is 20.1 Å². The molecule has 110 valence electrons. The third-order valence-electron chi connectivity index (χ3n) is 4.74. The monoisotopic (exact) mass is 284 g/mol. The fraction of sp³-hybridized carbons (Fsp3) is 0.500. The Kier molecular flexibility index (Phi) is 3.05. The van der Waals surface area contributed by atoms with E-state index in [1.807, 2.05) is 11.6 Å². The van der Waals surface area contributed by atoms with Crippen LogP contribution in [0.25, 0.3) is 0 Å². The maximum atomic E-state index is 6.25. The molecule has 0 saturated carbocycles. The van der Waals surface area contributed by atoms with Crippen LogP contribution in [0, 0.1) is 0 Å². The Bertz CT molecular complexity index is 649. The van der Waals surface area contributed by atoms with Gasteiger partial charge in [0.1, 0.15) is 17.8 Å². The van der Waals surface area contributed by atoms with Crippen LogP contribution in [0.2, 0.25) is 0 Å². The second-order valence-electron chi connectivity index (χ2n) is 6.07. The summed E-state index contributed by atoms with van der Waals surface area (Å²) < 4.78 is 8.24. The van der Waals surface area contributed by atoms with Crippen LogP contribution < -0.4 is 0 Å². The lowest BCUT2D eigenvalue weighted by molar-refractivity contribution is -0.116. The van der Waals surface area contributed by atoms with Crippen molar-refractivity contribution >= 4 is 0 Å². The molecule has 0 N–H and O–H groups in total. The quantitative estimate of drug-likeness (QED) is 0.838. The Labute approximate surface area is 124 Å². The molecule has 0 amide bonds. The van der Waals surface area contributed by atoms with Crippen molar-refractivity contribution in [3.63, 3.8) is 0 Å². The van der Waals surface area contributed by atoms with Gasteiger partial charge in [0.2, 0.25) is 0 Å². The van der Waals surface area contributed by atoms with Gasteiger partial charge in [-0.05, 0) is 24.0 Å². The molecule has 1 saturated heterocycles. The van der Waals surface area contributed by atoms with E-state index in [0.717, 1.165) is 44.9 Å². The van der Waals surface area contributed by atoms with Gasteiger partial charge in [0.15, 0.2) is 0 Å². The highest BCUT2D eigenvalue weighted by atomic mass is 16.5. The largest absolute Gasteiger partial charge is 0.368 e. The second kappa shape index (κ2) is 4.93. The zero-order valence-electron chi connectivity index (χ0n) is 12.3. The minimum absolute atomic E-state index is 0.118. The highest BCUT2D eigenvalue weighted by Crippen LogP contribution is 2.42. The Hall–Kier alpha value is -1.72. The summed E-state index contributed by atoms with van der Waals surface area (Å²) in [6, 6.07) is 8.71. The predicted octanol–water partition coefficient (Wildman–Crippen LogP) is 1.49. The smallest absolute Gasteiger partial charge is 0.146 e. The van der Waals surface area contributed by atoms with Crippen molar-refractivity contribution in [3.05, 3.63) is 47.5 Å². The number of rotatable bonds is 2. The Balaban J connectivity index is 1.58. The van der Waals surface area contributed by atoms with Crippen LogP contribution in [0.1, 0.15) is 23.4 Å². The van der Waals surface area contributed by atoms with Crippen LogP contribution in [0.5, 0.6) is 0 Å². The summed E-state index contributed by atoms with van der Waals surface area (Å²) in [7, 11) is 2.00. The van der Waals surface area contributed by atoms with Crippen molar-refractivity contribution in [2.45, 2.75) is 25.0 Å². The van der Waals surface area contributed by atoms with Crippen molar-refractivity contribution in [3.8, 4) is 0 Å². The molecular weight excluding hydrogens is 264 g/mol. The van der Waals surface area contributed by atoms with E-state index in [1.165, 1.54) is 11.1 Å². The summed E-state index contributed by atoms with van der Waals surface area (Å²) in [5, 5.41) is 8.17. The van der Waals surface area contributed by atoms with E-state index in [9.17, 15) is 0 Å². The van der Waals surface area contributed by atoms with Crippen LogP contribution in [0.15, 0.2) is 30.6 Å². The number of fused-ring (bicyclic) bond motifs is 2. The van der Waals surface area contributed by atoms with Gasteiger partial charge in [-0.3, -0.25) is 4.90 Å². The summed E-state index contributed by atoms with van der Waals surface area (Å²) in [5.41, 5.74) is 2.71. The summed E-state index contributed by atoms with van der Waals surface area (Å²) in [6.45, 7) is 3.52. The second-order valence-corrected chi connectivity index (χ2v) is 6.07. The molecule has 5 nitrogen and oxygen atoms in total. The molecule has 1 aromatic carbocycles. The van der Waals surface area contributed by atoms with E-state index in [-0.39, 0.29) is 5.60 Å². The van der Waals surface area contributed by atoms with Crippen molar-refractivity contribution in [2.75, 3.05) is 19.7 Å². The van der Waals surface area contributed by atoms with Gasteiger partial charge in [-0.1, -0.05) is 24.3 Å². The van der Waals surface area contributed by atoms with E-state index >= 15 is 0 Å². The zero-order chi connectivity index (χ0) is 14.3. The predicted molar refractivity (Wildman–Crippen MR) is 78.7 cm³/mol. The molecular formula is C16H20N4O. The SMILES string of the molecule is Cn1cnnc1CN1CCO[C@]2(CCc3ccccc32)C1. The van der Waals surface area contributed by atoms with Crippen molar-refractivity contribution in [1.29, 1.82) is 0 Å². The lowest BCUT2D eigenvalue weighted by atomic mass is 9.93. The molecule has 1 atom stereocenters. The third-order valence-corrected chi connectivity index (χ3v) is 4.74.